The fourth-order valence-corrected chi connectivity index (χ4v) is 1.15. The number of rotatable bonds is 2. The van der Waals surface area contributed by atoms with E-state index in [9.17, 15) is 4.79 Å². The van der Waals surface area contributed by atoms with Crippen LogP contribution in [-0.4, -0.2) is 15.7 Å². The fourth-order valence-electron chi connectivity index (χ4n) is 1.15. The number of hydrazine groups is 1. The highest BCUT2D eigenvalue weighted by atomic mass is 16.2. The molecule has 1 aromatic heterocycles. The quantitative estimate of drug-likeness (QED) is 0.358. The molecule has 1 amide bonds. The van der Waals surface area contributed by atoms with Gasteiger partial charge in [0.2, 0.25) is 0 Å². The second-order valence-electron chi connectivity index (χ2n) is 2.46. The van der Waals surface area contributed by atoms with Crippen LogP contribution in [0.4, 0.5) is 0 Å². The molecule has 0 aliphatic carbocycles. The van der Waals surface area contributed by atoms with Crippen LogP contribution in [0.3, 0.4) is 0 Å². The van der Waals surface area contributed by atoms with Crippen LogP contribution in [0.1, 0.15) is 23.0 Å². The molecular weight excluding hydrogens is 156 g/mol. The van der Waals surface area contributed by atoms with E-state index in [0.29, 0.717) is 5.56 Å². The zero-order valence-electron chi connectivity index (χ0n) is 7.16. The highest BCUT2D eigenvalue weighted by molar-refractivity contribution is 5.94. The Morgan fingerprint density at radius 3 is 3.00 bits per heavy atom. The molecule has 0 saturated heterocycles. The van der Waals surface area contributed by atoms with E-state index in [2.05, 4.69) is 10.5 Å². The first-order valence-electron chi connectivity index (χ1n) is 3.72. The van der Waals surface area contributed by atoms with Gasteiger partial charge in [-0.3, -0.25) is 14.9 Å². The van der Waals surface area contributed by atoms with Crippen LogP contribution >= 0.6 is 0 Å². The van der Waals surface area contributed by atoms with Crippen LogP contribution in [0.2, 0.25) is 0 Å². The van der Waals surface area contributed by atoms with E-state index >= 15 is 0 Å². The number of nitrogens with two attached hydrogens (primary N) is 1. The van der Waals surface area contributed by atoms with Gasteiger partial charge in [-0.25, -0.2) is 5.84 Å². The number of amides is 1. The van der Waals surface area contributed by atoms with Gasteiger partial charge in [0.15, 0.2) is 0 Å². The third-order valence-electron chi connectivity index (χ3n) is 1.77. The van der Waals surface area contributed by atoms with Crippen molar-refractivity contribution in [3.63, 3.8) is 0 Å². The van der Waals surface area contributed by atoms with Gasteiger partial charge in [0.25, 0.3) is 5.91 Å². The molecule has 0 aromatic carbocycles. The van der Waals surface area contributed by atoms with Gasteiger partial charge < -0.3 is 0 Å². The van der Waals surface area contributed by atoms with E-state index in [0.717, 1.165) is 12.1 Å². The first-order valence-corrected chi connectivity index (χ1v) is 3.72. The number of carbonyl (C=O) groups is 1. The second kappa shape index (κ2) is 3.36. The van der Waals surface area contributed by atoms with Crippen molar-refractivity contribution < 1.29 is 4.79 Å². The molecule has 0 fully saturated rings. The Bertz CT molecular complexity index is 292. The smallest absolute Gasteiger partial charge is 0.268 e. The van der Waals surface area contributed by atoms with Crippen molar-refractivity contribution in [2.75, 3.05) is 0 Å². The summed E-state index contributed by atoms with van der Waals surface area (Å²) in [6.07, 6.45) is 2.28. The molecule has 0 aliphatic rings. The van der Waals surface area contributed by atoms with E-state index in [1.54, 1.807) is 11.7 Å². The Balaban J connectivity index is 3.07. The minimum Gasteiger partial charge on any atom is -0.290 e. The van der Waals surface area contributed by atoms with Crippen LogP contribution in [-0.2, 0) is 13.5 Å². The molecule has 5 heteroatoms. The summed E-state index contributed by atoms with van der Waals surface area (Å²) in [6.45, 7) is 1.96. The van der Waals surface area contributed by atoms with Crippen molar-refractivity contribution >= 4 is 5.91 Å². The molecule has 5 nitrogen and oxygen atoms in total. The van der Waals surface area contributed by atoms with E-state index in [1.807, 2.05) is 6.92 Å². The molecule has 66 valence electrons. The van der Waals surface area contributed by atoms with Crippen molar-refractivity contribution in [2.24, 2.45) is 12.9 Å². The molecule has 12 heavy (non-hydrogen) atoms. The zero-order chi connectivity index (χ0) is 9.14. The summed E-state index contributed by atoms with van der Waals surface area (Å²) in [5, 5.41) is 3.96. The van der Waals surface area contributed by atoms with E-state index in [1.165, 1.54) is 6.20 Å². The molecule has 0 radical (unpaired) electrons. The van der Waals surface area contributed by atoms with Crippen molar-refractivity contribution in [1.29, 1.82) is 0 Å². The summed E-state index contributed by atoms with van der Waals surface area (Å²) >= 11 is 0. The minimum absolute atomic E-state index is 0.292. The lowest BCUT2D eigenvalue weighted by Gasteiger charge is -2.00. The monoisotopic (exact) mass is 168 g/mol. The third kappa shape index (κ3) is 1.31. The van der Waals surface area contributed by atoms with Gasteiger partial charge in [0.1, 0.15) is 0 Å². The minimum atomic E-state index is -0.292. The van der Waals surface area contributed by atoms with Crippen LogP contribution in [0, 0.1) is 0 Å². The summed E-state index contributed by atoms with van der Waals surface area (Å²) in [6, 6.07) is 0. The van der Waals surface area contributed by atoms with Gasteiger partial charge in [-0.2, -0.15) is 5.10 Å². The van der Waals surface area contributed by atoms with Crippen LogP contribution in [0.25, 0.3) is 0 Å². The van der Waals surface area contributed by atoms with Crippen molar-refractivity contribution in [3.05, 3.63) is 17.5 Å². The fraction of sp³-hybridized carbons (Fsp3) is 0.429. The van der Waals surface area contributed by atoms with Gasteiger partial charge in [-0.1, -0.05) is 6.92 Å². The first kappa shape index (κ1) is 8.73. The number of nitrogens with one attached hydrogen (secondary N) is 1. The topological polar surface area (TPSA) is 72.9 Å². The molecule has 0 atom stereocenters. The van der Waals surface area contributed by atoms with E-state index in [-0.39, 0.29) is 5.91 Å². The van der Waals surface area contributed by atoms with Crippen molar-refractivity contribution in [3.8, 4) is 0 Å². The SMILES string of the molecule is CCc1c(C(=O)NN)cnn1C. The van der Waals surface area contributed by atoms with Gasteiger partial charge in [0, 0.05) is 7.05 Å². The molecular formula is C7H12N4O. The molecule has 0 aliphatic heterocycles. The Morgan fingerprint density at radius 2 is 2.50 bits per heavy atom. The Kier molecular flexibility index (Phi) is 2.44. The van der Waals surface area contributed by atoms with Gasteiger partial charge in [-0.15, -0.1) is 0 Å². The van der Waals surface area contributed by atoms with Crippen LogP contribution < -0.4 is 11.3 Å². The highest BCUT2D eigenvalue weighted by Crippen LogP contribution is 2.06. The van der Waals surface area contributed by atoms with Gasteiger partial charge in [-0.05, 0) is 6.42 Å². The molecule has 3 N–H and O–H groups in total. The maximum atomic E-state index is 11.1. The first-order chi connectivity index (χ1) is 5.70. The second-order valence-corrected chi connectivity index (χ2v) is 2.46. The standard InChI is InChI=1S/C7H12N4O/c1-3-6-5(7(12)10-8)4-9-11(6)2/h4H,3,8H2,1-2H3,(H,10,12). The number of nitrogen functional groups attached to an aromatic ring is 1. The summed E-state index contributed by atoms with van der Waals surface area (Å²) in [5.74, 6) is 4.71. The number of carbonyl (C=O) groups excluding carboxylic acids is 1. The zero-order valence-corrected chi connectivity index (χ0v) is 7.16. The number of aryl methyl sites for hydroxylation is 1. The predicted octanol–water partition coefficient (Wildman–Crippen LogP) is -0.414. The highest BCUT2D eigenvalue weighted by Gasteiger charge is 2.12. The number of aromatic nitrogens is 2. The molecule has 0 saturated carbocycles. The molecule has 1 rings (SSSR count). The van der Waals surface area contributed by atoms with Gasteiger partial charge in [0.05, 0.1) is 17.5 Å². The average Bonchev–Trinajstić information content (AvgIpc) is 2.45. The number of hydrogen-bond donors (Lipinski definition) is 2. The summed E-state index contributed by atoms with van der Waals surface area (Å²) < 4.78 is 1.67. The lowest BCUT2D eigenvalue weighted by atomic mass is 10.2. The molecule has 1 heterocycles. The van der Waals surface area contributed by atoms with Crippen LogP contribution in [0.15, 0.2) is 6.20 Å². The summed E-state index contributed by atoms with van der Waals surface area (Å²) in [5.41, 5.74) is 3.51. The Morgan fingerprint density at radius 1 is 1.83 bits per heavy atom. The molecule has 0 spiro atoms. The maximum absolute atomic E-state index is 11.1. The number of hydrogen-bond acceptors (Lipinski definition) is 3. The number of nitrogens with zero attached hydrogens (tertiary/aromatic N) is 2. The predicted molar refractivity (Wildman–Crippen MR) is 44.2 cm³/mol. The van der Waals surface area contributed by atoms with Crippen molar-refractivity contribution in [2.45, 2.75) is 13.3 Å². The summed E-state index contributed by atoms with van der Waals surface area (Å²) in [7, 11) is 1.80. The molecule has 0 bridgehead atoms. The normalized spacial score (nSPS) is 9.92. The summed E-state index contributed by atoms with van der Waals surface area (Å²) in [4.78, 5) is 11.1. The lowest BCUT2D eigenvalue weighted by molar-refractivity contribution is 0.0952. The van der Waals surface area contributed by atoms with E-state index in [4.69, 9.17) is 5.84 Å². The lowest BCUT2D eigenvalue weighted by Crippen LogP contribution is -2.30. The van der Waals surface area contributed by atoms with E-state index < -0.39 is 0 Å². The molecule has 0 unspecified atom stereocenters. The molecule has 1 aromatic rings. The van der Waals surface area contributed by atoms with Gasteiger partial charge >= 0.3 is 0 Å². The Hall–Kier alpha value is -1.36. The third-order valence-corrected chi connectivity index (χ3v) is 1.77. The van der Waals surface area contributed by atoms with Crippen LogP contribution in [0.5, 0.6) is 0 Å². The largest absolute Gasteiger partial charge is 0.290 e. The Labute approximate surface area is 70.5 Å². The maximum Gasteiger partial charge on any atom is 0.268 e. The average molecular weight is 168 g/mol. The van der Waals surface area contributed by atoms with Crippen molar-refractivity contribution in [1.82, 2.24) is 15.2 Å².